The van der Waals surface area contributed by atoms with E-state index in [1.807, 2.05) is 0 Å². The van der Waals surface area contributed by atoms with Gasteiger partial charge in [-0.25, -0.2) is 0 Å². The zero-order valence-electron chi connectivity index (χ0n) is 11.9. The Bertz CT molecular complexity index is 414. The van der Waals surface area contributed by atoms with Gasteiger partial charge in [-0.1, -0.05) is 15.9 Å². The molecule has 1 aromatic carbocycles. The second-order valence-electron chi connectivity index (χ2n) is 5.46. The fourth-order valence-corrected chi connectivity index (χ4v) is 3.24. The van der Waals surface area contributed by atoms with Crippen molar-refractivity contribution in [3.63, 3.8) is 0 Å². The van der Waals surface area contributed by atoms with Gasteiger partial charge in [0.15, 0.2) is 0 Å². The Balaban J connectivity index is 2.15. The largest absolute Gasteiger partial charge is 0.371 e. The van der Waals surface area contributed by atoms with Gasteiger partial charge in [-0.05, 0) is 69.7 Å². The lowest BCUT2D eigenvalue weighted by molar-refractivity contribution is 0.253. The molecule has 1 aliphatic rings. The van der Waals surface area contributed by atoms with Crippen LogP contribution in [-0.2, 0) is 6.42 Å². The van der Waals surface area contributed by atoms with E-state index in [9.17, 15) is 0 Å². The molecule has 0 radical (unpaired) electrons. The molecule has 4 heteroatoms. The summed E-state index contributed by atoms with van der Waals surface area (Å²) in [5.41, 5.74) is 8.42. The van der Waals surface area contributed by atoms with E-state index in [1.54, 1.807) is 0 Å². The Morgan fingerprint density at radius 3 is 2.68 bits per heavy atom. The number of benzene rings is 1. The van der Waals surface area contributed by atoms with Gasteiger partial charge in [0, 0.05) is 23.2 Å². The first kappa shape index (κ1) is 14.8. The summed E-state index contributed by atoms with van der Waals surface area (Å²) in [6, 6.07) is 7.19. The highest BCUT2D eigenvalue weighted by Gasteiger charge is 2.22. The zero-order valence-corrected chi connectivity index (χ0v) is 13.5. The van der Waals surface area contributed by atoms with Crippen LogP contribution in [0.4, 0.5) is 5.69 Å². The number of likely N-dealkylation sites (tertiary alicyclic amines) is 1. The minimum Gasteiger partial charge on any atom is -0.371 e. The average molecular weight is 326 g/mol. The van der Waals surface area contributed by atoms with E-state index < -0.39 is 0 Å². The molecule has 0 amide bonds. The topological polar surface area (TPSA) is 32.5 Å². The average Bonchev–Trinajstić information content (AvgIpc) is 2.39. The van der Waals surface area contributed by atoms with Crippen LogP contribution >= 0.6 is 15.9 Å². The Morgan fingerprint density at radius 2 is 2.05 bits per heavy atom. The van der Waals surface area contributed by atoms with Crippen LogP contribution in [0.5, 0.6) is 0 Å². The second kappa shape index (κ2) is 6.73. The molecule has 0 spiro atoms. The highest BCUT2D eigenvalue weighted by Crippen LogP contribution is 2.28. The van der Waals surface area contributed by atoms with Crippen molar-refractivity contribution in [2.45, 2.75) is 25.3 Å². The van der Waals surface area contributed by atoms with E-state index >= 15 is 0 Å². The van der Waals surface area contributed by atoms with Crippen LogP contribution in [0, 0.1) is 0 Å². The molecule has 0 unspecified atom stereocenters. The molecule has 1 aromatic rings. The first-order chi connectivity index (χ1) is 9.11. The van der Waals surface area contributed by atoms with Gasteiger partial charge in [0.1, 0.15) is 0 Å². The van der Waals surface area contributed by atoms with Crippen molar-refractivity contribution < 1.29 is 0 Å². The van der Waals surface area contributed by atoms with Gasteiger partial charge in [-0.15, -0.1) is 0 Å². The molecule has 3 nitrogen and oxygen atoms in total. The van der Waals surface area contributed by atoms with E-state index in [2.05, 4.69) is 58.0 Å². The molecule has 106 valence electrons. The maximum Gasteiger partial charge on any atom is 0.0399 e. The molecular formula is C15H24BrN3. The van der Waals surface area contributed by atoms with Crippen LogP contribution in [0.25, 0.3) is 0 Å². The lowest BCUT2D eigenvalue weighted by Gasteiger charge is -2.37. The van der Waals surface area contributed by atoms with Crippen molar-refractivity contribution in [2.24, 2.45) is 5.73 Å². The quantitative estimate of drug-likeness (QED) is 0.923. The van der Waals surface area contributed by atoms with Crippen molar-refractivity contribution in [3.05, 3.63) is 28.2 Å². The Hall–Kier alpha value is -0.580. The third-order valence-electron chi connectivity index (χ3n) is 4.07. The van der Waals surface area contributed by atoms with Crippen molar-refractivity contribution in [1.29, 1.82) is 0 Å². The molecule has 0 bridgehead atoms. The van der Waals surface area contributed by atoms with E-state index in [-0.39, 0.29) is 0 Å². The maximum absolute atomic E-state index is 5.74. The number of rotatable bonds is 4. The van der Waals surface area contributed by atoms with E-state index in [4.69, 9.17) is 5.73 Å². The third-order valence-corrected chi connectivity index (χ3v) is 4.56. The zero-order chi connectivity index (χ0) is 13.8. The molecule has 1 fully saturated rings. The summed E-state index contributed by atoms with van der Waals surface area (Å²) in [5, 5.41) is 0. The predicted molar refractivity (Wildman–Crippen MR) is 85.8 cm³/mol. The van der Waals surface area contributed by atoms with Crippen molar-refractivity contribution in [2.75, 3.05) is 38.6 Å². The van der Waals surface area contributed by atoms with E-state index in [1.165, 1.54) is 37.2 Å². The van der Waals surface area contributed by atoms with E-state index in [0.29, 0.717) is 12.6 Å². The molecule has 2 rings (SSSR count). The molecule has 1 aliphatic heterocycles. The summed E-state index contributed by atoms with van der Waals surface area (Å²) in [4.78, 5) is 4.86. The number of anilines is 1. The fraction of sp³-hybridized carbons (Fsp3) is 0.600. The molecule has 0 saturated carbocycles. The third kappa shape index (κ3) is 3.71. The highest BCUT2D eigenvalue weighted by atomic mass is 79.9. The van der Waals surface area contributed by atoms with Gasteiger partial charge in [0.2, 0.25) is 0 Å². The van der Waals surface area contributed by atoms with Crippen LogP contribution < -0.4 is 10.6 Å². The van der Waals surface area contributed by atoms with Gasteiger partial charge in [-0.3, -0.25) is 0 Å². The number of hydrogen-bond acceptors (Lipinski definition) is 3. The van der Waals surface area contributed by atoms with Crippen LogP contribution in [-0.4, -0.2) is 44.7 Å². The van der Waals surface area contributed by atoms with Crippen LogP contribution in [0.1, 0.15) is 18.4 Å². The summed E-state index contributed by atoms with van der Waals surface area (Å²) >= 11 is 3.55. The fourth-order valence-electron chi connectivity index (χ4n) is 2.83. The summed E-state index contributed by atoms with van der Waals surface area (Å²) in [6.07, 6.45) is 3.42. The number of halogens is 1. The standard InChI is InChI=1S/C15H24BrN3/c1-18-9-6-14(7-10-18)19(2)15-4-3-13(16)11-12(15)5-8-17/h3-4,11,14H,5-10,17H2,1-2H3. The summed E-state index contributed by atoms with van der Waals surface area (Å²) in [7, 11) is 4.43. The number of piperidine rings is 1. The summed E-state index contributed by atoms with van der Waals surface area (Å²) in [6.45, 7) is 3.08. The molecule has 0 aromatic heterocycles. The smallest absolute Gasteiger partial charge is 0.0399 e. The Morgan fingerprint density at radius 1 is 1.37 bits per heavy atom. The minimum atomic E-state index is 0.647. The second-order valence-corrected chi connectivity index (χ2v) is 6.37. The molecule has 2 N–H and O–H groups in total. The number of nitrogens with zero attached hydrogens (tertiary/aromatic N) is 2. The van der Waals surface area contributed by atoms with E-state index in [0.717, 1.165) is 10.9 Å². The van der Waals surface area contributed by atoms with Crippen molar-refractivity contribution >= 4 is 21.6 Å². The van der Waals surface area contributed by atoms with Crippen LogP contribution in [0.2, 0.25) is 0 Å². The normalized spacial score (nSPS) is 17.7. The number of hydrogen-bond donors (Lipinski definition) is 1. The van der Waals surface area contributed by atoms with Crippen LogP contribution in [0.15, 0.2) is 22.7 Å². The Labute approximate surface area is 124 Å². The van der Waals surface area contributed by atoms with Gasteiger partial charge >= 0.3 is 0 Å². The van der Waals surface area contributed by atoms with Gasteiger partial charge in [-0.2, -0.15) is 0 Å². The molecule has 19 heavy (non-hydrogen) atoms. The first-order valence-corrected chi connectivity index (χ1v) is 7.81. The SMILES string of the molecule is CN1CCC(N(C)c2ccc(Br)cc2CCN)CC1. The van der Waals surface area contributed by atoms with Crippen molar-refractivity contribution in [3.8, 4) is 0 Å². The lowest BCUT2D eigenvalue weighted by atomic mass is 10.0. The lowest BCUT2D eigenvalue weighted by Crippen LogP contribution is -2.42. The van der Waals surface area contributed by atoms with Crippen LogP contribution in [0.3, 0.4) is 0 Å². The summed E-state index contributed by atoms with van der Waals surface area (Å²) in [5.74, 6) is 0. The minimum absolute atomic E-state index is 0.647. The Kier molecular flexibility index (Phi) is 5.25. The number of nitrogens with two attached hydrogens (primary N) is 1. The van der Waals surface area contributed by atoms with Gasteiger partial charge in [0.05, 0.1) is 0 Å². The summed E-state index contributed by atoms with van der Waals surface area (Å²) < 4.78 is 1.14. The molecule has 1 saturated heterocycles. The maximum atomic E-state index is 5.74. The van der Waals surface area contributed by atoms with Gasteiger partial charge in [0.25, 0.3) is 0 Å². The molecule has 0 atom stereocenters. The van der Waals surface area contributed by atoms with Gasteiger partial charge < -0.3 is 15.5 Å². The molecule has 0 aliphatic carbocycles. The van der Waals surface area contributed by atoms with Crippen molar-refractivity contribution in [1.82, 2.24) is 4.90 Å². The highest BCUT2D eigenvalue weighted by molar-refractivity contribution is 9.10. The first-order valence-electron chi connectivity index (χ1n) is 7.01. The predicted octanol–water partition coefficient (Wildman–Crippen LogP) is 2.48. The molecular weight excluding hydrogens is 302 g/mol. The molecule has 1 heterocycles. The monoisotopic (exact) mass is 325 g/mol.